The molecule has 0 amide bonds. The molecule has 20 heavy (non-hydrogen) atoms. The molecule has 1 aliphatic carbocycles. The van der Waals surface area contributed by atoms with E-state index in [0.717, 1.165) is 28.9 Å². The van der Waals surface area contributed by atoms with Crippen LogP contribution in [-0.2, 0) is 0 Å². The Labute approximate surface area is 135 Å². The van der Waals surface area contributed by atoms with Gasteiger partial charge in [0.25, 0.3) is 0 Å². The number of hydrogen-bond donors (Lipinski definition) is 1. The Hall–Kier alpha value is -0.0900. The first-order chi connectivity index (χ1) is 9.52. The standard InChI is InChI=1S/C16H24BrClN2/c1-3-20(14-7-5-13(19)6-8-14)11(2)15-9-4-12(17)10-16(15)18/h4,9-11,13-14H,3,5-8,19H2,1-2H3. The molecule has 0 bridgehead atoms. The zero-order valence-corrected chi connectivity index (χ0v) is 14.6. The van der Waals surface area contributed by atoms with Gasteiger partial charge in [0, 0.05) is 27.6 Å². The Morgan fingerprint density at radius 2 is 2.00 bits per heavy atom. The molecule has 112 valence electrons. The van der Waals surface area contributed by atoms with Crippen LogP contribution in [0.1, 0.15) is 51.1 Å². The minimum Gasteiger partial charge on any atom is -0.328 e. The van der Waals surface area contributed by atoms with E-state index in [1.54, 1.807) is 0 Å². The van der Waals surface area contributed by atoms with Gasteiger partial charge in [-0.3, -0.25) is 4.90 Å². The molecular formula is C16H24BrClN2. The zero-order valence-electron chi connectivity index (χ0n) is 12.3. The number of hydrogen-bond acceptors (Lipinski definition) is 2. The van der Waals surface area contributed by atoms with Crippen LogP contribution in [0.5, 0.6) is 0 Å². The lowest BCUT2D eigenvalue weighted by Gasteiger charge is -2.39. The second-order valence-electron chi connectivity index (χ2n) is 5.74. The molecule has 0 saturated heterocycles. The predicted octanol–water partition coefficient (Wildman–Crippen LogP) is 4.76. The monoisotopic (exact) mass is 358 g/mol. The Kier molecular flexibility index (Phi) is 5.91. The maximum Gasteiger partial charge on any atom is 0.0464 e. The molecule has 1 fully saturated rings. The summed E-state index contributed by atoms with van der Waals surface area (Å²) in [4.78, 5) is 2.57. The van der Waals surface area contributed by atoms with Gasteiger partial charge in [0.1, 0.15) is 0 Å². The van der Waals surface area contributed by atoms with Crippen LogP contribution in [0.4, 0.5) is 0 Å². The summed E-state index contributed by atoms with van der Waals surface area (Å²) in [5.41, 5.74) is 7.24. The molecule has 0 heterocycles. The SMILES string of the molecule is CCN(C1CCC(N)CC1)C(C)c1ccc(Br)cc1Cl. The highest BCUT2D eigenvalue weighted by atomic mass is 79.9. The van der Waals surface area contributed by atoms with Crippen molar-refractivity contribution in [3.8, 4) is 0 Å². The van der Waals surface area contributed by atoms with Crippen molar-refractivity contribution in [2.24, 2.45) is 5.73 Å². The molecular weight excluding hydrogens is 336 g/mol. The third kappa shape index (κ3) is 3.76. The van der Waals surface area contributed by atoms with E-state index in [0.29, 0.717) is 18.1 Å². The molecule has 2 rings (SSSR count). The summed E-state index contributed by atoms with van der Waals surface area (Å²) in [6.07, 6.45) is 4.69. The van der Waals surface area contributed by atoms with Gasteiger partial charge in [0.15, 0.2) is 0 Å². The quantitative estimate of drug-likeness (QED) is 0.840. The van der Waals surface area contributed by atoms with E-state index in [2.05, 4.69) is 46.8 Å². The van der Waals surface area contributed by atoms with Crippen molar-refractivity contribution in [3.05, 3.63) is 33.3 Å². The zero-order chi connectivity index (χ0) is 14.7. The molecule has 0 aromatic heterocycles. The van der Waals surface area contributed by atoms with E-state index in [1.807, 2.05) is 6.07 Å². The van der Waals surface area contributed by atoms with Crippen LogP contribution in [0.2, 0.25) is 5.02 Å². The number of rotatable bonds is 4. The van der Waals surface area contributed by atoms with E-state index in [4.69, 9.17) is 17.3 Å². The lowest BCUT2D eigenvalue weighted by molar-refractivity contribution is 0.114. The second kappa shape index (κ2) is 7.26. The number of benzene rings is 1. The Bertz CT molecular complexity index is 444. The molecule has 1 aliphatic rings. The molecule has 4 heteroatoms. The van der Waals surface area contributed by atoms with Gasteiger partial charge in [-0.15, -0.1) is 0 Å². The topological polar surface area (TPSA) is 29.3 Å². The molecule has 1 atom stereocenters. The van der Waals surface area contributed by atoms with Crippen LogP contribution in [0.3, 0.4) is 0 Å². The van der Waals surface area contributed by atoms with Gasteiger partial charge >= 0.3 is 0 Å². The lowest BCUT2D eigenvalue weighted by atomic mass is 9.89. The molecule has 1 unspecified atom stereocenters. The van der Waals surface area contributed by atoms with E-state index < -0.39 is 0 Å². The van der Waals surface area contributed by atoms with Crippen LogP contribution in [0.25, 0.3) is 0 Å². The van der Waals surface area contributed by atoms with Crippen LogP contribution in [0.15, 0.2) is 22.7 Å². The summed E-state index contributed by atoms with van der Waals surface area (Å²) in [7, 11) is 0. The van der Waals surface area contributed by atoms with Gasteiger partial charge in [-0.2, -0.15) is 0 Å². The molecule has 1 aromatic carbocycles. The van der Waals surface area contributed by atoms with Crippen molar-refractivity contribution in [2.75, 3.05) is 6.54 Å². The van der Waals surface area contributed by atoms with Gasteiger partial charge in [0.2, 0.25) is 0 Å². The van der Waals surface area contributed by atoms with Crippen LogP contribution in [-0.4, -0.2) is 23.5 Å². The fourth-order valence-corrected chi connectivity index (χ4v) is 4.13. The van der Waals surface area contributed by atoms with Gasteiger partial charge in [-0.1, -0.05) is 40.5 Å². The Morgan fingerprint density at radius 1 is 1.35 bits per heavy atom. The van der Waals surface area contributed by atoms with Crippen molar-refractivity contribution >= 4 is 27.5 Å². The van der Waals surface area contributed by atoms with Crippen LogP contribution < -0.4 is 5.73 Å². The smallest absolute Gasteiger partial charge is 0.0464 e. The molecule has 0 radical (unpaired) electrons. The maximum absolute atomic E-state index is 6.41. The normalized spacial score (nSPS) is 24.9. The van der Waals surface area contributed by atoms with Crippen LogP contribution in [0, 0.1) is 0 Å². The van der Waals surface area contributed by atoms with Gasteiger partial charge in [-0.25, -0.2) is 0 Å². The minimum absolute atomic E-state index is 0.347. The molecule has 1 aromatic rings. The lowest BCUT2D eigenvalue weighted by Crippen LogP contribution is -2.42. The Balaban J connectivity index is 2.14. The van der Waals surface area contributed by atoms with Gasteiger partial charge in [0.05, 0.1) is 0 Å². The second-order valence-corrected chi connectivity index (χ2v) is 7.06. The molecule has 2 N–H and O–H groups in total. The summed E-state index contributed by atoms with van der Waals surface area (Å²) in [5.74, 6) is 0. The number of nitrogens with two attached hydrogens (primary N) is 1. The van der Waals surface area contributed by atoms with E-state index in [-0.39, 0.29) is 0 Å². The first kappa shape index (κ1) is 16.3. The predicted molar refractivity (Wildman–Crippen MR) is 90.2 cm³/mol. The van der Waals surface area contributed by atoms with E-state index >= 15 is 0 Å². The summed E-state index contributed by atoms with van der Waals surface area (Å²) in [6.45, 7) is 5.54. The highest BCUT2D eigenvalue weighted by Crippen LogP contribution is 2.33. The summed E-state index contributed by atoms with van der Waals surface area (Å²) in [5, 5.41) is 0.845. The van der Waals surface area contributed by atoms with Crippen molar-refractivity contribution < 1.29 is 0 Å². The minimum atomic E-state index is 0.347. The molecule has 1 saturated carbocycles. The average Bonchev–Trinajstić information content (AvgIpc) is 2.41. The van der Waals surface area contributed by atoms with Gasteiger partial charge in [-0.05, 0) is 56.8 Å². The molecule has 2 nitrogen and oxygen atoms in total. The van der Waals surface area contributed by atoms with Crippen LogP contribution >= 0.6 is 27.5 Å². The third-order valence-corrected chi connectivity index (χ3v) is 5.31. The highest BCUT2D eigenvalue weighted by molar-refractivity contribution is 9.10. The fraction of sp³-hybridized carbons (Fsp3) is 0.625. The van der Waals surface area contributed by atoms with Crippen molar-refractivity contribution in [1.82, 2.24) is 4.90 Å². The summed E-state index contributed by atoms with van der Waals surface area (Å²) < 4.78 is 1.03. The van der Waals surface area contributed by atoms with Crippen molar-refractivity contribution in [2.45, 2.75) is 57.7 Å². The van der Waals surface area contributed by atoms with Crippen molar-refractivity contribution in [3.63, 3.8) is 0 Å². The van der Waals surface area contributed by atoms with Gasteiger partial charge < -0.3 is 5.73 Å². The largest absolute Gasteiger partial charge is 0.328 e. The molecule has 0 spiro atoms. The highest BCUT2D eigenvalue weighted by Gasteiger charge is 2.27. The third-order valence-electron chi connectivity index (χ3n) is 4.49. The average molecular weight is 360 g/mol. The fourth-order valence-electron chi connectivity index (χ4n) is 3.30. The summed E-state index contributed by atoms with van der Waals surface area (Å²) >= 11 is 9.88. The molecule has 0 aliphatic heterocycles. The van der Waals surface area contributed by atoms with Crippen molar-refractivity contribution in [1.29, 1.82) is 0 Å². The Morgan fingerprint density at radius 3 is 2.55 bits per heavy atom. The van der Waals surface area contributed by atoms with E-state index in [1.165, 1.54) is 18.4 Å². The first-order valence-corrected chi connectivity index (χ1v) is 8.66. The number of halogens is 2. The van der Waals surface area contributed by atoms with E-state index in [9.17, 15) is 0 Å². The first-order valence-electron chi connectivity index (χ1n) is 7.49. The number of nitrogens with zero attached hydrogens (tertiary/aromatic N) is 1. The maximum atomic E-state index is 6.41. The summed E-state index contributed by atoms with van der Waals surface area (Å²) in [6, 6.07) is 7.57.